The lowest BCUT2D eigenvalue weighted by Crippen LogP contribution is -2.06. The van der Waals surface area contributed by atoms with E-state index in [0.717, 1.165) is 17.4 Å². The summed E-state index contributed by atoms with van der Waals surface area (Å²) in [6.45, 7) is 0.613. The van der Waals surface area contributed by atoms with Crippen LogP contribution in [0.15, 0.2) is 21.3 Å². The number of hydrogen-bond acceptors (Lipinski definition) is 5. The first kappa shape index (κ1) is 10.0. The van der Waals surface area contributed by atoms with Gasteiger partial charge in [-0.15, -0.1) is 0 Å². The Kier molecular flexibility index (Phi) is 2.01. The number of fused-ring (bicyclic) bond motifs is 2. The second-order valence-electron chi connectivity index (χ2n) is 3.90. The van der Waals surface area contributed by atoms with Crippen molar-refractivity contribution in [3.05, 3.63) is 28.1 Å². The van der Waals surface area contributed by atoms with E-state index in [1.54, 1.807) is 6.07 Å². The molecule has 1 aliphatic heterocycles. The van der Waals surface area contributed by atoms with Gasteiger partial charge in [-0.2, -0.15) is 0 Å². The smallest absolute Gasteiger partial charge is 0.359 e. The molecular formula is C12H11NO4. The third kappa shape index (κ3) is 1.35. The Bertz CT molecular complexity index is 660. The molecular weight excluding hydrogens is 222 g/mol. The Labute approximate surface area is 96.7 Å². The van der Waals surface area contributed by atoms with Gasteiger partial charge in [0.25, 0.3) is 0 Å². The van der Waals surface area contributed by atoms with Crippen LogP contribution < -0.4 is 20.8 Å². The lowest BCUT2D eigenvalue weighted by molar-refractivity contribution is 0.325. The van der Waals surface area contributed by atoms with Crippen LogP contribution in [0.4, 0.5) is 5.69 Å². The number of rotatable bonds is 1. The molecule has 1 aromatic heterocycles. The summed E-state index contributed by atoms with van der Waals surface area (Å²) in [5, 5.41) is 0.753. The fraction of sp³-hybridized carbons (Fsp3) is 0.250. The van der Waals surface area contributed by atoms with E-state index in [1.807, 2.05) is 6.07 Å². The molecule has 1 aromatic carbocycles. The van der Waals surface area contributed by atoms with Crippen LogP contribution in [0.5, 0.6) is 11.5 Å². The summed E-state index contributed by atoms with van der Waals surface area (Å²) >= 11 is 0. The number of anilines is 1. The summed E-state index contributed by atoms with van der Waals surface area (Å²) in [4.78, 5) is 11.4. The zero-order valence-corrected chi connectivity index (χ0v) is 9.28. The van der Waals surface area contributed by atoms with E-state index in [1.165, 1.54) is 7.11 Å². The van der Waals surface area contributed by atoms with Crippen molar-refractivity contribution in [2.24, 2.45) is 0 Å². The van der Waals surface area contributed by atoms with E-state index in [9.17, 15) is 4.79 Å². The second kappa shape index (κ2) is 3.41. The molecule has 1 aliphatic rings. The highest BCUT2D eigenvalue weighted by molar-refractivity contribution is 5.88. The highest BCUT2D eigenvalue weighted by Gasteiger charge is 2.22. The fourth-order valence-corrected chi connectivity index (χ4v) is 2.08. The molecule has 5 heteroatoms. The highest BCUT2D eigenvalue weighted by atomic mass is 16.5. The lowest BCUT2D eigenvalue weighted by atomic mass is 10.1. The second-order valence-corrected chi connectivity index (χ2v) is 3.90. The molecule has 0 aliphatic carbocycles. The number of ether oxygens (including phenoxy) is 2. The monoisotopic (exact) mass is 233 g/mol. The quantitative estimate of drug-likeness (QED) is 0.752. The van der Waals surface area contributed by atoms with Gasteiger partial charge in [-0.3, -0.25) is 0 Å². The van der Waals surface area contributed by atoms with Gasteiger partial charge in [0.15, 0.2) is 11.3 Å². The summed E-state index contributed by atoms with van der Waals surface area (Å²) in [7, 11) is 1.52. The maximum atomic E-state index is 11.4. The lowest BCUT2D eigenvalue weighted by Gasteiger charge is -2.09. The van der Waals surface area contributed by atoms with Crippen LogP contribution >= 0.6 is 0 Å². The third-order valence-corrected chi connectivity index (χ3v) is 2.86. The summed E-state index contributed by atoms with van der Waals surface area (Å²) in [5.41, 5.74) is 6.50. The molecule has 0 saturated heterocycles. The maximum Gasteiger partial charge on any atom is 0.359 e. The Morgan fingerprint density at radius 2 is 2.24 bits per heavy atom. The molecule has 0 spiro atoms. The first-order valence-electron chi connectivity index (χ1n) is 5.26. The van der Waals surface area contributed by atoms with Crippen LogP contribution in [0, 0.1) is 0 Å². The van der Waals surface area contributed by atoms with Crippen LogP contribution in [-0.4, -0.2) is 13.7 Å². The molecule has 0 bridgehead atoms. The van der Waals surface area contributed by atoms with E-state index in [0.29, 0.717) is 23.7 Å². The van der Waals surface area contributed by atoms with Gasteiger partial charge in [0.2, 0.25) is 5.75 Å². The molecule has 0 amide bonds. The van der Waals surface area contributed by atoms with Crippen molar-refractivity contribution in [3.8, 4) is 11.5 Å². The molecule has 0 fully saturated rings. The van der Waals surface area contributed by atoms with Gasteiger partial charge >= 0.3 is 5.63 Å². The minimum absolute atomic E-state index is 0.0958. The number of nitrogens with two attached hydrogens (primary N) is 1. The highest BCUT2D eigenvalue weighted by Crippen LogP contribution is 2.41. The third-order valence-electron chi connectivity index (χ3n) is 2.86. The van der Waals surface area contributed by atoms with E-state index in [2.05, 4.69) is 0 Å². The normalized spacial score (nSPS) is 13.5. The molecule has 2 aromatic rings. The summed E-state index contributed by atoms with van der Waals surface area (Å²) in [5.74, 6) is 1.13. The number of methoxy groups -OCH3 is 1. The molecule has 17 heavy (non-hydrogen) atoms. The van der Waals surface area contributed by atoms with Gasteiger partial charge in [0.05, 0.1) is 13.7 Å². The molecule has 3 rings (SSSR count). The molecule has 0 saturated carbocycles. The standard InChI is InChI=1S/C12H11NO4/c1-15-11-9-6(2-3-16-9)4-7-5-8(13)12(14)17-10(7)11/h4-5H,2-3,13H2,1H3. The van der Waals surface area contributed by atoms with Crippen molar-refractivity contribution >= 4 is 16.7 Å². The van der Waals surface area contributed by atoms with Crippen LogP contribution in [-0.2, 0) is 6.42 Å². The van der Waals surface area contributed by atoms with Crippen molar-refractivity contribution in [2.45, 2.75) is 6.42 Å². The van der Waals surface area contributed by atoms with Gasteiger partial charge in [0.1, 0.15) is 5.69 Å². The van der Waals surface area contributed by atoms with Crippen molar-refractivity contribution < 1.29 is 13.9 Å². The van der Waals surface area contributed by atoms with Crippen molar-refractivity contribution in [1.29, 1.82) is 0 Å². The first-order chi connectivity index (χ1) is 8.20. The molecule has 0 atom stereocenters. The van der Waals surface area contributed by atoms with Gasteiger partial charge in [-0.25, -0.2) is 4.79 Å². The van der Waals surface area contributed by atoms with Crippen LogP contribution in [0.25, 0.3) is 11.0 Å². The minimum atomic E-state index is -0.561. The Hall–Kier alpha value is -2.17. The minimum Gasteiger partial charge on any atom is -0.490 e. The van der Waals surface area contributed by atoms with Crippen LogP contribution in [0.2, 0.25) is 0 Å². The van der Waals surface area contributed by atoms with E-state index < -0.39 is 5.63 Å². The molecule has 0 unspecified atom stereocenters. The van der Waals surface area contributed by atoms with Crippen molar-refractivity contribution in [2.75, 3.05) is 19.5 Å². The van der Waals surface area contributed by atoms with Gasteiger partial charge < -0.3 is 19.6 Å². The number of benzene rings is 1. The van der Waals surface area contributed by atoms with Crippen LogP contribution in [0.3, 0.4) is 0 Å². The molecule has 5 nitrogen and oxygen atoms in total. The van der Waals surface area contributed by atoms with Crippen LogP contribution in [0.1, 0.15) is 5.56 Å². The Balaban J connectivity index is 2.45. The average Bonchev–Trinajstić information content (AvgIpc) is 2.75. The molecule has 2 N–H and O–H groups in total. The zero-order chi connectivity index (χ0) is 12.0. The predicted molar refractivity (Wildman–Crippen MR) is 62.6 cm³/mol. The van der Waals surface area contributed by atoms with E-state index in [4.69, 9.17) is 19.6 Å². The van der Waals surface area contributed by atoms with Gasteiger partial charge in [-0.1, -0.05) is 0 Å². The van der Waals surface area contributed by atoms with Crippen molar-refractivity contribution in [1.82, 2.24) is 0 Å². The largest absolute Gasteiger partial charge is 0.490 e. The topological polar surface area (TPSA) is 74.7 Å². The molecule has 2 heterocycles. The number of hydrogen-bond donors (Lipinski definition) is 1. The van der Waals surface area contributed by atoms with Gasteiger partial charge in [-0.05, 0) is 12.1 Å². The average molecular weight is 233 g/mol. The predicted octanol–water partition coefficient (Wildman–Crippen LogP) is 1.32. The van der Waals surface area contributed by atoms with Crippen molar-refractivity contribution in [3.63, 3.8) is 0 Å². The first-order valence-corrected chi connectivity index (χ1v) is 5.26. The SMILES string of the molecule is COc1c2c(cc3cc(N)c(=O)oc13)CCO2. The van der Waals surface area contributed by atoms with E-state index in [-0.39, 0.29) is 5.69 Å². The fourth-order valence-electron chi connectivity index (χ4n) is 2.08. The van der Waals surface area contributed by atoms with Gasteiger partial charge in [0, 0.05) is 17.4 Å². The molecule has 0 radical (unpaired) electrons. The summed E-state index contributed by atoms with van der Waals surface area (Å²) in [6.07, 6.45) is 0.820. The van der Waals surface area contributed by atoms with E-state index >= 15 is 0 Å². The maximum absolute atomic E-state index is 11.4. The summed E-state index contributed by atoms with van der Waals surface area (Å²) in [6, 6.07) is 3.52. The Morgan fingerprint density at radius 3 is 3.00 bits per heavy atom. The molecule has 88 valence electrons. The number of nitrogen functional groups attached to an aromatic ring is 1. The zero-order valence-electron chi connectivity index (χ0n) is 9.28. The Morgan fingerprint density at radius 1 is 1.41 bits per heavy atom. The summed E-state index contributed by atoms with van der Waals surface area (Å²) < 4.78 is 15.9.